The molecule has 1 saturated heterocycles. The lowest BCUT2D eigenvalue weighted by molar-refractivity contribution is -0.110. The molecule has 2 unspecified atom stereocenters. The van der Waals surface area contributed by atoms with Gasteiger partial charge in [0, 0.05) is 18.7 Å². The second-order valence-corrected chi connectivity index (χ2v) is 7.88. The van der Waals surface area contributed by atoms with Crippen molar-refractivity contribution in [2.75, 3.05) is 6.61 Å². The van der Waals surface area contributed by atoms with E-state index in [0.29, 0.717) is 11.5 Å². The molecule has 2 nitrogen and oxygen atoms in total. The molecule has 0 amide bonds. The summed E-state index contributed by atoms with van der Waals surface area (Å²) in [5.41, 5.74) is 0.745. The van der Waals surface area contributed by atoms with E-state index in [4.69, 9.17) is 4.74 Å². The minimum Gasteiger partial charge on any atom is -0.375 e. The first-order chi connectivity index (χ1) is 9.10. The smallest absolute Gasteiger partial charge is 0.0697 e. The molecule has 0 aromatic rings. The summed E-state index contributed by atoms with van der Waals surface area (Å²) in [6.07, 6.45) is 13.4. The molecule has 1 aliphatic heterocycles. The highest BCUT2D eigenvalue weighted by Gasteiger charge is 2.41. The van der Waals surface area contributed by atoms with Crippen molar-refractivity contribution in [1.82, 2.24) is 5.32 Å². The Morgan fingerprint density at radius 1 is 0.947 bits per heavy atom. The average Bonchev–Trinajstić information content (AvgIpc) is 2.70. The van der Waals surface area contributed by atoms with Crippen molar-refractivity contribution in [2.45, 2.75) is 95.7 Å². The molecule has 0 bridgehead atoms. The van der Waals surface area contributed by atoms with Gasteiger partial charge in [0.2, 0.25) is 0 Å². The van der Waals surface area contributed by atoms with Crippen molar-refractivity contribution in [1.29, 1.82) is 0 Å². The minimum atomic E-state index is 0.247. The molecule has 2 saturated carbocycles. The Labute approximate surface area is 118 Å². The van der Waals surface area contributed by atoms with Gasteiger partial charge in [-0.15, -0.1) is 0 Å². The van der Waals surface area contributed by atoms with Crippen LogP contribution in [-0.2, 0) is 4.74 Å². The van der Waals surface area contributed by atoms with Crippen molar-refractivity contribution in [3.05, 3.63) is 0 Å². The van der Waals surface area contributed by atoms with Crippen LogP contribution in [0.4, 0.5) is 0 Å². The molecule has 110 valence electrons. The van der Waals surface area contributed by atoms with Crippen molar-refractivity contribution in [2.24, 2.45) is 5.41 Å². The molecule has 3 aliphatic rings. The third kappa shape index (κ3) is 3.00. The summed E-state index contributed by atoms with van der Waals surface area (Å²) in [6.45, 7) is 5.85. The van der Waals surface area contributed by atoms with Gasteiger partial charge in [0.15, 0.2) is 0 Å². The third-order valence-electron chi connectivity index (χ3n) is 5.95. The molecule has 2 aliphatic carbocycles. The van der Waals surface area contributed by atoms with E-state index in [1.165, 1.54) is 64.2 Å². The Morgan fingerprint density at radius 3 is 2.42 bits per heavy atom. The Kier molecular flexibility index (Phi) is 3.92. The number of ether oxygens (including phenoxy) is 1. The third-order valence-corrected chi connectivity index (χ3v) is 5.95. The van der Waals surface area contributed by atoms with Crippen molar-refractivity contribution in [3.63, 3.8) is 0 Å². The molecule has 0 radical (unpaired) electrons. The Balaban J connectivity index is 1.59. The lowest BCUT2D eigenvalue weighted by Gasteiger charge is -2.45. The number of hydrogen-bond acceptors (Lipinski definition) is 2. The maximum Gasteiger partial charge on any atom is 0.0697 e. The van der Waals surface area contributed by atoms with Crippen molar-refractivity contribution in [3.8, 4) is 0 Å². The van der Waals surface area contributed by atoms with Gasteiger partial charge in [0.25, 0.3) is 0 Å². The normalized spacial score (nSPS) is 37.6. The van der Waals surface area contributed by atoms with Crippen LogP contribution >= 0.6 is 0 Å². The maximum absolute atomic E-state index is 6.21. The summed E-state index contributed by atoms with van der Waals surface area (Å²) in [4.78, 5) is 0. The molecule has 2 atom stereocenters. The van der Waals surface area contributed by atoms with Crippen LogP contribution < -0.4 is 5.32 Å². The van der Waals surface area contributed by atoms with E-state index in [9.17, 15) is 0 Å². The van der Waals surface area contributed by atoms with E-state index < -0.39 is 0 Å². The number of rotatable bonds is 2. The van der Waals surface area contributed by atoms with Crippen LogP contribution in [0.2, 0.25) is 0 Å². The summed E-state index contributed by atoms with van der Waals surface area (Å²) in [5.74, 6) is 0. The van der Waals surface area contributed by atoms with Gasteiger partial charge in [-0.25, -0.2) is 0 Å². The predicted octanol–water partition coefficient (Wildman–Crippen LogP) is 4.04. The summed E-state index contributed by atoms with van der Waals surface area (Å²) in [6, 6.07) is 1.44. The lowest BCUT2D eigenvalue weighted by Crippen LogP contribution is -2.52. The molecule has 1 spiro atoms. The van der Waals surface area contributed by atoms with Crippen LogP contribution in [0, 0.1) is 5.41 Å². The van der Waals surface area contributed by atoms with Crippen LogP contribution in [0.3, 0.4) is 0 Å². The monoisotopic (exact) mass is 265 g/mol. The standard InChI is InChI=1S/C17H31NO/c1-16(2)9-6-7-15(16)18-14-8-12-19-17(13-14)10-4-3-5-11-17/h14-15,18H,3-13H2,1-2H3. The molecule has 3 fully saturated rings. The fourth-order valence-corrected chi connectivity index (χ4v) is 4.63. The summed E-state index contributed by atoms with van der Waals surface area (Å²) >= 11 is 0. The molecule has 1 heterocycles. The van der Waals surface area contributed by atoms with Gasteiger partial charge < -0.3 is 10.1 Å². The summed E-state index contributed by atoms with van der Waals surface area (Å²) in [7, 11) is 0. The van der Waals surface area contributed by atoms with Crippen LogP contribution in [0.1, 0.15) is 78.1 Å². The second kappa shape index (κ2) is 5.37. The second-order valence-electron chi connectivity index (χ2n) is 7.88. The highest BCUT2D eigenvalue weighted by Crippen LogP contribution is 2.41. The SMILES string of the molecule is CC1(C)CCCC1NC1CCOC2(CCCCC2)C1. The van der Waals surface area contributed by atoms with E-state index in [-0.39, 0.29) is 5.60 Å². The maximum atomic E-state index is 6.21. The predicted molar refractivity (Wildman–Crippen MR) is 79.3 cm³/mol. The first-order valence-corrected chi connectivity index (χ1v) is 8.50. The van der Waals surface area contributed by atoms with Gasteiger partial charge in [0.1, 0.15) is 0 Å². The Hall–Kier alpha value is -0.0800. The minimum absolute atomic E-state index is 0.247. The highest BCUT2D eigenvalue weighted by atomic mass is 16.5. The van der Waals surface area contributed by atoms with E-state index in [1.54, 1.807) is 0 Å². The first-order valence-electron chi connectivity index (χ1n) is 8.50. The lowest BCUT2D eigenvalue weighted by atomic mass is 9.77. The van der Waals surface area contributed by atoms with E-state index in [0.717, 1.165) is 12.6 Å². The van der Waals surface area contributed by atoms with Gasteiger partial charge in [-0.05, 0) is 43.9 Å². The van der Waals surface area contributed by atoms with E-state index in [1.807, 2.05) is 0 Å². The van der Waals surface area contributed by atoms with Crippen LogP contribution in [0.5, 0.6) is 0 Å². The van der Waals surface area contributed by atoms with Gasteiger partial charge in [0.05, 0.1) is 5.60 Å². The van der Waals surface area contributed by atoms with Gasteiger partial charge in [-0.3, -0.25) is 0 Å². The van der Waals surface area contributed by atoms with E-state index >= 15 is 0 Å². The molecular formula is C17H31NO. The largest absolute Gasteiger partial charge is 0.375 e. The Morgan fingerprint density at radius 2 is 1.74 bits per heavy atom. The van der Waals surface area contributed by atoms with Crippen LogP contribution in [-0.4, -0.2) is 24.3 Å². The van der Waals surface area contributed by atoms with Crippen molar-refractivity contribution >= 4 is 0 Å². The molecule has 3 rings (SSSR count). The molecule has 1 N–H and O–H groups in total. The van der Waals surface area contributed by atoms with Gasteiger partial charge in [-0.1, -0.05) is 39.5 Å². The molecular weight excluding hydrogens is 234 g/mol. The zero-order chi connectivity index (χ0) is 13.3. The van der Waals surface area contributed by atoms with Crippen molar-refractivity contribution < 1.29 is 4.74 Å². The highest BCUT2D eigenvalue weighted by molar-refractivity contribution is 4.96. The van der Waals surface area contributed by atoms with E-state index in [2.05, 4.69) is 19.2 Å². The zero-order valence-corrected chi connectivity index (χ0v) is 12.8. The fourth-order valence-electron chi connectivity index (χ4n) is 4.63. The van der Waals surface area contributed by atoms with Crippen LogP contribution in [0.15, 0.2) is 0 Å². The zero-order valence-electron chi connectivity index (χ0n) is 12.8. The summed E-state index contributed by atoms with van der Waals surface area (Å²) in [5, 5.41) is 4.00. The fraction of sp³-hybridized carbons (Fsp3) is 1.00. The quantitative estimate of drug-likeness (QED) is 0.813. The number of nitrogens with one attached hydrogen (secondary N) is 1. The molecule has 2 heteroatoms. The molecule has 19 heavy (non-hydrogen) atoms. The average molecular weight is 265 g/mol. The Bertz CT molecular complexity index is 301. The molecule has 0 aromatic carbocycles. The topological polar surface area (TPSA) is 21.3 Å². The van der Waals surface area contributed by atoms with Gasteiger partial charge in [-0.2, -0.15) is 0 Å². The first kappa shape index (κ1) is 13.9. The summed E-state index contributed by atoms with van der Waals surface area (Å²) < 4.78 is 6.21. The van der Waals surface area contributed by atoms with Crippen LogP contribution in [0.25, 0.3) is 0 Å². The number of hydrogen-bond donors (Lipinski definition) is 1. The molecule has 0 aromatic heterocycles. The van der Waals surface area contributed by atoms with Gasteiger partial charge >= 0.3 is 0 Å².